The third-order valence-electron chi connectivity index (χ3n) is 2.84. The Labute approximate surface area is 97.7 Å². The van der Waals surface area contributed by atoms with E-state index in [1.165, 1.54) is 5.69 Å². The van der Waals surface area contributed by atoms with Gasteiger partial charge in [-0.05, 0) is 24.3 Å². The minimum absolute atomic E-state index is 0.237. The number of hydrogen-bond acceptors (Lipinski definition) is 3. The summed E-state index contributed by atoms with van der Waals surface area (Å²) in [4.78, 5) is 0. The number of aliphatic hydroxyl groups excluding tert-OH is 1. The highest BCUT2D eigenvalue weighted by Gasteiger charge is 2.16. The molecule has 1 aromatic heterocycles. The second kappa shape index (κ2) is 6.01. The second-order valence-corrected chi connectivity index (χ2v) is 5.04. The summed E-state index contributed by atoms with van der Waals surface area (Å²) < 4.78 is 1.88. The maximum Gasteiger partial charge on any atom is 0.0518 e. The van der Waals surface area contributed by atoms with Crippen LogP contribution in [-0.2, 0) is 13.6 Å². The molecule has 0 aliphatic carbocycles. The Bertz CT molecular complexity index is 307. The van der Waals surface area contributed by atoms with Crippen LogP contribution in [0, 0.1) is 5.41 Å². The predicted molar refractivity (Wildman–Crippen MR) is 65.0 cm³/mol. The summed E-state index contributed by atoms with van der Waals surface area (Å²) in [7, 11) is 1.95. The van der Waals surface area contributed by atoms with E-state index < -0.39 is 0 Å². The molecule has 92 valence electrons. The summed E-state index contributed by atoms with van der Waals surface area (Å²) in [6, 6.07) is 2.02. The van der Waals surface area contributed by atoms with Crippen molar-refractivity contribution in [2.45, 2.75) is 33.2 Å². The molecule has 0 radical (unpaired) electrons. The highest BCUT2D eigenvalue weighted by atomic mass is 16.2. The zero-order valence-corrected chi connectivity index (χ0v) is 10.5. The third kappa shape index (κ3) is 4.33. The normalized spacial score (nSPS) is 12.0. The maximum absolute atomic E-state index is 8.81. The van der Waals surface area contributed by atoms with Gasteiger partial charge >= 0.3 is 0 Å². The van der Waals surface area contributed by atoms with E-state index in [-0.39, 0.29) is 12.0 Å². The molecule has 1 heterocycles. The van der Waals surface area contributed by atoms with Crippen LogP contribution in [0.15, 0.2) is 12.3 Å². The largest absolute Gasteiger partial charge is 0.396 e. The van der Waals surface area contributed by atoms with Gasteiger partial charge in [0.05, 0.1) is 5.69 Å². The molecule has 0 unspecified atom stereocenters. The number of aromatic nitrogens is 2. The van der Waals surface area contributed by atoms with E-state index in [1.807, 2.05) is 24.0 Å². The van der Waals surface area contributed by atoms with Crippen LogP contribution in [0.5, 0.6) is 0 Å². The average molecular weight is 225 g/mol. The number of nitrogens with zero attached hydrogens (tertiary/aromatic N) is 2. The molecule has 0 spiro atoms. The zero-order chi connectivity index (χ0) is 12.0. The first-order valence-corrected chi connectivity index (χ1v) is 5.84. The highest BCUT2D eigenvalue weighted by molar-refractivity contribution is 4.99. The lowest BCUT2D eigenvalue weighted by atomic mass is 9.88. The first kappa shape index (κ1) is 13.2. The molecule has 0 bridgehead atoms. The van der Waals surface area contributed by atoms with Crippen molar-refractivity contribution in [3.05, 3.63) is 18.0 Å². The summed E-state index contributed by atoms with van der Waals surface area (Å²) >= 11 is 0. The summed E-state index contributed by atoms with van der Waals surface area (Å²) in [5, 5.41) is 16.4. The van der Waals surface area contributed by atoms with E-state index in [1.54, 1.807) is 0 Å². The van der Waals surface area contributed by atoms with Gasteiger partial charge in [0.25, 0.3) is 0 Å². The van der Waals surface area contributed by atoms with Gasteiger partial charge in [-0.15, -0.1) is 0 Å². The summed E-state index contributed by atoms with van der Waals surface area (Å²) in [6.45, 7) is 6.53. The van der Waals surface area contributed by atoms with Gasteiger partial charge in [0.2, 0.25) is 0 Å². The Morgan fingerprint density at radius 1 is 1.50 bits per heavy atom. The molecule has 0 atom stereocenters. The van der Waals surface area contributed by atoms with Gasteiger partial charge in [0.1, 0.15) is 0 Å². The Morgan fingerprint density at radius 2 is 2.25 bits per heavy atom. The predicted octanol–water partition coefficient (Wildman–Crippen LogP) is 1.31. The van der Waals surface area contributed by atoms with Crippen molar-refractivity contribution in [1.29, 1.82) is 0 Å². The Hall–Kier alpha value is -0.870. The van der Waals surface area contributed by atoms with Crippen molar-refractivity contribution in [3.8, 4) is 0 Å². The fraction of sp³-hybridized carbons (Fsp3) is 0.750. The first-order valence-electron chi connectivity index (χ1n) is 5.84. The van der Waals surface area contributed by atoms with Gasteiger partial charge in [-0.2, -0.15) is 5.10 Å². The average Bonchev–Trinajstić information content (AvgIpc) is 2.62. The van der Waals surface area contributed by atoms with Crippen molar-refractivity contribution >= 4 is 0 Å². The van der Waals surface area contributed by atoms with Crippen molar-refractivity contribution in [3.63, 3.8) is 0 Å². The van der Waals surface area contributed by atoms with Gasteiger partial charge in [0.15, 0.2) is 0 Å². The van der Waals surface area contributed by atoms with Gasteiger partial charge in [-0.1, -0.05) is 13.8 Å². The SMILES string of the molecule is Cn1nccc1CNCC(C)(C)CCCO. The van der Waals surface area contributed by atoms with Crippen molar-refractivity contribution in [1.82, 2.24) is 15.1 Å². The summed E-state index contributed by atoms with van der Waals surface area (Å²) in [5.41, 5.74) is 1.43. The molecule has 0 saturated heterocycles. The minimum atomic E-state index is 0.237. The van der Waals surface area contributed by atoms with E-state index in [0.717, 1.165) is 25.9 Å². The van der Waals surface area contributed by atoms with Gasteiger partial charge in [0, 0.05) is 32.9 Å². The van der Waals surface area contributed by atoms with Gasteiger partial charge < -0.3 is 10.4 Å². The van der Waals surface area contributed by atoms with Gasteiger partial charge in [-0.25, -0.2) is 0 Å². The van der Waals surface area contributed by atoms with Crippen molar-refractivity contribution in [2.24, 2.45) is 12.5 Å². The molecule has 16 heavy (non-hydrogen) atoms. The lowest BCUT2D eigenvalue weighted by Gasteiger charge is -2.24. The van der Waals surface area contributed by atoms with Crippen molar-refractivity contribution in [2.75, 3.05) is 13.2 Å². The molecule has 1 aromatic rings. The molecule has 4 nitrogen and oxygen atoms in total. The van der Waals surface area contributed by atoms with E-state index in [4.69, 9.17) is 5.11 Å². The molecular weight excluding hydrogens is 202 g/mol. The van der Waals surface area contributed by atoms with Crippen molar-refractivity contribution < 1.29 is 5.11 Å². The molecule has 1 rings (SSSR count). The monoisotopic (exact) mass is 225 g/mol. The van der Waals surface area contributed by atoms with Crippen LogP contribution in [0.4, 0.5) is 0 Å². The standard InChI is InChI=1S/C12H23N3O/c1-12(2,6-4-8-16)10-13-9-11-5-7-14-15(11)3/h5,7,13,16H,4,6,8-10H2,1-3H3. The molecule has 0 aromatic carbocycles. The number of rotatable bonds is 7. The quantitative estimate of drug-likeness (QED) is 0.735. The minimum Gasteiger partial charge on any atom is -0.396 e. The van der Waals surface area contributed by atoms with E-state index in [0.29, 0.717) is 0 Å². The van der Waals surface area contributed by atoms with Crippen LogP contribution >= 0.6 is 0 Å². The lowest BCUT2D eigenvalue weighted by Crippen LogP contribution is -2.29. The summed E-state index contributed by atoms with van der Waals surface area (Å²) in [6.07, 6.45) is 3.73. The number of aliphatic hydroxyl groups is 1. The zero-order valence-electron chi connectivity index (χ0n) is 10.5. The van der Waals surface area contributed by atoms with Crippen LogP contribution in [0.2, 0.25) is 0 Å². The molecule has 0 saturated carbocycles. The number of hydrogen-bond donors (Lipinski definition) is 2. The lowest BCUT2D eigenvalue weighted by molar-refractivity contribution is 0.236. The van der Waals surface area contributed by atoms with E-state index in [9.17, 15) is 0 Å². The van der Waals surface area contributed by atoms with E-state index >= 15 is 0 Å². The fourth-order valence-electron chi connectivity index (χ4n) is 1.75. The molecule has 0 amide bonds. The molecule has 2 N–H and O–H groups in total. The highest BCUT2D eigenvalue weighted by Crippen LogP contribution is 2.20. The van der Waals surface area contributed by atoms with Gasteiger partial charge in [-0.3, -0.25) is 4.68 Å². The maximum atomic E-state index is 8.81. The van der Waals surface area contributed by atoms with E-state index in [2.05, 4.69) is 24.3 Å². The van der Waals surface area contributed by atoms with Crippen LogP contribution in [-0.4, -0.2) is 28.0 Å². The van der Waals surface area contributed by atoms with Crippen LogP contribution in [0.25, 0.3) is 0 Å². The number of nitrogens with one attached hydrogen (secondary N) is 1. The Morgan fingerprint density at radius 3 is 2.81 bits per heavy atom. The topological polar surface area (TPSA) is 50.1 Å². The fourth-order valence-corrected chi connectivity index (χ4v) is 1.75. The van der Waals surface area contributed by atoms with Crippen LogP contribution < -0.4 is 5.32 Å². The molecule has 4 heteroatoms. The molecule has 0 fully saturated rings. The second-order valence-electron chi connectivity index (χ2n) is 5.04. The van der Waals surface area contributed by atoms with Crippen LogP contribution in [0.3, 0.4) is 0 Å². The molecule has 0 aliphatic heterocycles. The third-order valence-corrected chi connectivity index (χ3v) is 2.84. The Kier molecular flexibility index (Phi) is 4.96. The summed E-state index contributed by atoms with van der Waals surface area (Å²) in [5.74, 6) is 0. The molecular formula is C12H23N3O. The number of aryl methyl sites for hydroxylation is 1. The molecule has 0 aliphatic rings. The Balaban J connectivity index is 2.27. The van der Waals surface area contributed by atoms with Crippen LogP contribution in [0.1, 0.15) is 32.4 Å². The first-order chi connectivity index (χ1) is 7.55. The smallest absolute Gasteiger partial charge is 0.0518 e.